The summed E-state index contributed by atoms with van der Waals surface area (Å²) in [7, 11) is 0. The van der Waals surface area contributed by atoms with Crippen LogP contribution in [0.5, 0.6) is 5.88 Å². The monoisotopic (exact) mass is 246 g/mol. The molecule has 0 saturated heterocycles. The van der Waals surface area contributed by atoms with Crippen LogP contribution in [0.3, 0.4) is 0 Å². The largest absolute Gasteiger partial charge is 0.477 e. The molecule has 88 valence electrons. The van der Waals surface area contributed by atoms with E-state index in [2.05, 4.69) is 29.4 Å². The summed E-state index contributed by atoms with van der Waals surface area (Å²) in [6.07, 6.45) is 2.96. The maximum atomic E-state index is 5.66. The highest BCUT2D eigenvalue weighted by molar-refractivity contribution is 7.98. The molecule has 0 atom stereocenters. The number of benzene rings is 1. The van der Waals surface area contributed by atoms with Crippen molar-refractivity contribution in [3.8, 4) is 5.88 Å². The van der Waals surface area contributed by atoms with Gasteiger partial charge in [0.25, 0.3) is 0 Å². The summed E-state index contributed by atoms with van der Waals surface area (Å²) >= 11 is 1.79. The fraction of sp³-hybridized carbons (Fsp3) is 0.308. The van der Waals surface area contributed by atoms with Crippen LogP contribution < -0.4 is 4.74 Å². The van der Waals surface area contributed by atoms with Gasteiger partial charge in [-0.25, -0.2) is 4.68 Å². The minimum absolute atomic E-state index is 0.810. The van der Waals surface area contributed by atoms with Gasteiger partial charge in [0.05, 0.1) is 17.7 Å². The lowest BCUT2D eigenvalue weighted by Crippen LogP contribution is -2.14. The average Bonchev–Trinajstić information content (AvgIpc) is 2.81. The van der Waals surface area contributed by atoms with Gasteiger partial charge in [0.15, 0.2) is 0 Å². The zero-order chi connectivity index (χ0) is 11.5. The molecule has 0 N–H and O–H groups in total. The normalized spacial score (nSPS) is 14.1. The highest BCUT2D eigenvalue weighted by Crippen LogP contribution is 2.33. The first-order valence-electron chi connectivity index (χ1n) is 5.79. The van der Waals surface area contributed by atoms with Gasteiger partial charge in [-0.1, -0.05) is 30.3 Å². The predicted molar refractivity (Wildman–Crippen MR) is 68.3 cm³/mol. The van der Waals surface area contributed by atoms with Gasteiger partial charge in [-0.3, -0.25) is 0 Å². The summed E-state index contributed by atoms with van der Waals surface area (Å²) in [6, 6.07) is 10.5. The molecule has 0 fully saturated rings. The lowest BCUT2D eigenvalue weighted by atomic mass is 10.2. The molecule has 0 spiro atoms. The Morgan fingerprint density at radius 3 is 3.06 bits per heavy atom. The first-order valence-corrected chi connectivity index (χ1v) is 6.77. The molecule has 17 heavy (non-hydrogen) atoms. The Hall–Kier alpha value is -1.42. The minimum Gasteiger partial charge on any atom is -0.477 e. The highest BCUT2D eigenvalue weighted by atomic mass is 32.2. The quantitative estimate of drug-likeness (QED) is 0.779. The molecular formula is C13H14N2OS. The molecule has 0 radical (unpaired) electrons. The van der Waals surface area contributed by atoms with E-state index in [1.165, 1.54) is 5.56 Å². The predicted octanol–water partition coefficient (Wildman–Crippen LogP) is 2.96. The number of aromatic nitrogens is 2. The lowest BCUT2D eigenvalue weighted by Gasteiger charge is -2.15. The highest BCUT2D eigenvalue weighted by Gasteiger charge is 2.16. The van der Waals surface area contributed by atoms with Crippen molar-refractivity contribution in [2.45, 2.75) is 23.6 Å². The molecule has 3 rings (SSSR count). The molecule has 1 aliphatic rings. The smallest absolute Gasteiger partial charge is 0.225 e. The van der Waals surface area contributed by atoms with Gasteiger partial charge in [-0.05, 0) is 5.56 Å². The Labute approximate surface area is 105 Å². The number of fused-ring (bicyclic) bond motifs is 1. The van der Waals surface area contributed by atoms with Crippen LogP contribution in [0.1, 0.15) is 12.0 Å². The molecule has 3 nitrogen and oxygen atoms in total. The number of ether oxygens (including phenoxy) is 1. The molecule has 1 aliphatic heterocycles. The zero-order valence-electron chi connectivity index (χ0n) is 9.50. The van der Waals surface area contributed by atoms with Crippen LogP contribution in [0.25, 0.3) is 0 Å². The number of nitrogens with zero attached hydrogens (tertiary/aromatic N) is 2. The summed E-state index contributed by atoms with van der Waals surface area (Å²) in [5.41, 5.74) is 1.33. The third kappa shape index (κ3) is 2.31. The Morgan fingerprint density at radius 1 is 1.29 bits per heavy atom. The maximum Gasteiger partial charge on any atom is 0.225 e. The lowest BCUT2D eigenvalue weighted by molar-refractivity contribution is 0.225. The van der Waals surface area contributed by atoms with Crippen LogP contribution in [0, 0.1) is 0 Å². The zero-order valence-corrected chi connectivity index (χ0v) is 10.3. The van der Waals surface area contributed by atoms with Crippen LogP contribution >= 0.6 is 11.8 Å². The molecular weight excluding hydrogens is 232 g/mol. The molecule has 4 heteroatoms. The molecule has 0 aliphatic carbocycles. The fourth-order valence-electron chi connectivity index (χ4n) is 1.88. The van der Waals surface area contributed by atoms with Gasteiger partial charge in [0, 0.05) is 18.7 Å². The number of hydrogen-bond acceptors (Lipinski definition) is 3. The van der Waals surface area contributed by atoms with Gasteiger partial charge in [-0.15, -0.1) is 11.8 Å². The molecule has 1 aromatic heterocycles. The minimum atomic E-state index is 0.810. The SMILES string of the molecule is c1ccc(CSc2cnn3c2OCCC3)cc1. The van der Waals surface area contributed by atoms with Gasteiger partial charge < -0.3 is 4.74 Å². The summed E-state index contributed by atoms with van der Waals surface area (Å²) in [5.74, 6) is 1.90. The number of aryl methyl sites for hydroxylation is 1. The van der Waals surface area contributed by atoms with E-state index in [0.717, 1.165) is 36.1 Å². The van der Waals surface area contributed by atoms with Crippen molar-refractivity contribution < 1.29 is 4.74 Å². The van der Waals surface area contributed by atoms with E-state index in [-0.39, 0.29) is 0 Å². The molecule has 2 aromatic rings. The molecule has 0 saturated carbocycles. The summed E-state index contributed by atoms with van der Waals surface area (Å²) < 4.78 is 7.62. The Balaban J connectivity index is 1.71. The van der Waals surface area contributed by atoms with Crippen LogP contribution in [-0.4, -0.2) is 16.4 Å². The second kappa shape index (κ2) is 4.84. The molecule has 0 amide bonds. The number of rotatable bonds is 3. The number of hydrogen-bond donors (Lipinski definition) is 0. The number of thioether (sulfide) groups is 1. The fourth-order valence-corrected chi connectivity index (χ4v) is 2.80. The Bertz CT molecular complexity index is 495. The topological polar surface area (TPSA) is 27.1 Å². The van der Waals surface area contributed by atoms with Crippen LogP contribution in [0.2, 0.25) is 0 Å². The van der Waals surface area contributed by atoms with E-state index < -0.39 is 0 Å². The second-order valence-corrected chi connectivity index (χ2v) is 5.03. The third-order valence-electron chi connectivity index (χ3n) is 2.75. The van der Waals surface area contributed by atoms with E-state index in [1.807, 2.05) is 16.9 Å². The van der Waals surface area contributed by atoms with E-state index in [4.69, 9.17) is 4.74 Å². The maximum absolute atomic E-state index is 5.66. The van der Waals surface area contributed by atoms with Crippen molar-refractivity contribution >= 4 is 11.8 Å². The first-order chi connectivity index (χ1) is 8.43. The van der Waals surface area contributed by atoms with Gasteiger partial charge in [0.2, 0.25) is 5.88 Å². The molecule has 2 heterocycles. The molecule has 1 aromatic carbocycles. The first kappa shape index (κ1) is 10.7. The molecule has 0 unspecified atom stereocenters. The van der Waals surface area contributed by atoms with Gasteiger partial charge in [-0.2, -0.15) is 5.10 Å². The van der Waals surface area contributed by atoms with Crippen molar-refractivity contribution in [1.29, 1.82) is 0 Å². The average molecular weight is 246 g/mol. The Morgan fingerprint density at radius 2 is 2.18 bits per heavy atom. The van der Waals surface area contributed by atoms with Crippen molar-refractivity contribution in [2.75, 3.05) is 6.61 Å². The molecule has 0 bridgehead atoms. The summed E-state index contributed by atoms with van der Waals surface area (Å²) in [6.45, 7) is 1.78. The van der Waals surface area contributed by atoms with Gasteiger partial charge >= 0.3 is 0 Å². The van der Waals surface area contributed by atoms with E-state index >= 15 is 0 Å². The van der Waals surface area contributed by atoms with E-state index in [0.29, 0.717) is 0 Å². The van der Waals surface area contributed by atoms with Crippen molar-refractivity contribution in [3.63, 3.8) is 0 Å². The Kier molecular flexibility index (Phi) is 3.05. The van der Waals surface area contributed by atoms with Crippen LogP contribution in [0.4, 0.5) is 0 Å². The van der Waals surface area contributed by atoms with Crippen molar-refractivity contribution in [2.24, 2.45) is 0 Å². The second-order valence-electron chi connectivity index (χ2n) is 4.01. The van der Waals surface area contributed by atoms with Crippen LogP contribution in [-0.2, 0) is 12.3 Å². The standard InChI is InChI=1S/C13H14N2OS/c1-2-5-11(6-3-1)10-17-12-9-14-15-7-4-8-16-13(12)15/h1-3,5-6,9H,4,7-8,10H2. The van der Waals surface area contributed by atoms with E-state index in [9.17, 15) is 0 Å². The summed E-state index contributed by atoms with van der Waals surface area (Å²) in [5, 5.41) is 4.34. The summed E-state index contributed by atoms with van der Waals surface area (Å²) in [4.78, 5) is 1.15. The van der Waals surface area contributed by atoms with Gasteiger partial charge in [0.1, 0.15) is 0 Å². The third-order valence-corrected chi connectivity index (χ3v) is 3.82. The van der Waals surface area contributed by atoms with E-state index in [1.54, 1.807) is 11.8 Å². The van der Waals surface area contributed by atoms with Crippen LogP contribution in [0.15, 0.2) is 41.4 Å². The van der Waals surface area contributed by atoms with Crippen molar-refractivity contribution in [1.82, 2.24) is 9.78 Å². The van der Waals surface area contributed by atoms with Crippen molar-refractivity contribution in [3.05, 3.63) is 42.1 Å².